The molecule has 0 aliphatic carbocycles. The second-order valence-electron chi connectivity index (χ2n) is 11.5. The van der Waals surface area contributed by atoms with Crippen molar-refractivity contribution in [3.8, 4) is 11.1 Å². The van der Waals surface area contributed by atoms with Crippen LogP contribution in [0.2, 0.25) is 0 Å². The number of aliphatic hydroxyl groups is 1. The molecule has 0 radical (unpaired) electrons. The number of nitrogens with zero attached hydrogens (tertiary/aromatic N) is 3. The van der Waals surface area contributed by atoms with E-state index >= 15 is 0 Å². The summed E-state index contributed by atoms with van der Waals surface area (Å²) in [6.45, 7) is 0.207. The van der Waals surface area contributed by atoms with Gasteiger partial charge in [-0.2, -0.15) is 0 Å². The Morgan fingerprint density at radius 2 is 1.54 bits per heavy atom. The highest BCUT2D eigenvalue weighted by Gasteiger charge is 2.35. The summed E-state index contributed by atoms with van der Waals surface area (Å²) in [6, 6.07) is 30.9. The van der Waals surface area contributed by atoms with Gasteiger partial charge in [-0.25, -0.2) is 4.98 Å². The van der Waals surface area contributed by atoms with Crippen LogP contribution in [0.3, 0.4) is 0 Å². The van der Waals surface area contributed by atoms with E-state index in [0.29, 0.717) is 17.5 Å². The van der Waals surface area contributed by atoms with Crippen molar-refractivity contribution in [3.63, 3.8) is 0 Å². The monoisotopic (exact) mass is 631 g/mol. The van der Waals surface area contributed by atoms with Crippen molar-refractivity contribution in [1.82, 2.24) is 14.5 Å². The van der Waals surface area contributed by atoms with E-state index < -0.39 is 6.29 Å². The third kappa shape index (κ3) is 6.15. The van der Waals surface area contributed by atoms with Gasteiger partial charge in [-0.05, 0) is 46.0 Å². The highest BCUT2D eigenvalue weighted by atomic mass is 32.2. The number of imide groups is 1. The number of aryl methyl sites for hydroxylation is 1. The van der Waals surface area contributed by atoms with Gasteiger partial charge in [-0.1, -0.05) is 90.6 Å². The zero-order valence-electron chi connectivity index (χ0n) is 25.3. The number of imidazole rings is 1. The molecule has 8 nitrogen and oxygen atoms in total. The Hall–Kier alpha value is -4.54. The topological polar surface area (TPSA) is 93.9 Å². The second kappa shape index (κ2) is 13.1. The largest absolute Gasteiger partial charge is 0.392 e. The molecule has 0 saturated carbocycles. The number of hydrogen-bond acceptors (Lipinski definition) is 7. The van der Waals surface area contributed by atoms with Gasteiger partial charge in [0.15, 0.2) is 11.4 Å². The molecule has 4 aromatic carbocycles. The van der Waals surface area contributed by atoms with Crippen LogP contribution in [-0.4, -0.2) is 43.2 Å². The minimum absolute atomic E-state index is 0.00149. The van der Waals surface area contributed by atoms with Crippen LogP contribution in [-0.2, 0) is 29.7 Å². The molecular formula is C37H33N3O5S. The first kappa shape index (κ1) is 30.1. The van der Waals surface area contributed by atoms with Gasteiger partial charge < -0.3 is 19.1 Å². The molecule has 1 saturated heterocycles. The van der Waals surface area contributed by atoms with E-state index in [2.05, 4.69) is 4.98 Å². The fourth-order valence-electron chi connectivity index (χ4n) is 5.93. The number of benzene rings is 4. The SMILES string of the molecule is Cn1ccnc1SC[C@@H]1C[C@H](c2ccc(CO)cc2)O[C@H](c2ccc(-c3cccc(CN4C(=O)c5ccccc5C4=O)c3)cc2)O1. The fourth-order valence-corrected chi connectivity index (χ4v) is 6.88. The summed E-state index contributed by atoms with van der Waals surface area (Å²) in [6.07, 6.45) is 3.63. The number of carbonyl (C=O) groups is 2. The molecule has 7 rings (SSSR count). The minimum atomic E-state index is -0.558. The average molecular weight is 632 g/mol. The average Bonchev–Trinajstić information content (AvgIpc) is 3.63. The Bertz CT molecular complexity index is 1840. The van der Waals surface area contributed by atoms with Crippen LogP contribution >= 0.6 is 11.8 Å². The molecule has 1 N–H and O–H groups in total. The first-order valence-corrected chi connectivity index (χ1v) is 16.2. The highest BCUT2D eigenvalue weighted by molar-refractivity contribution is 7.99. The van der Waals surface area contributed by atoms with Gasteiger partial charge in [0.25, 0.3) is 11.8 Å². The molecule has 0 unspecified atom stereocenters. The summed E-state index contributed by atoms with van der Waals surface area (Å²) in [5.41, 5.74) is 6.58. The number of carbonyl (C=O) groups excluding carboxylic acids is 2. The molecule has 1 fully saturated rings. The lowest BCUT2D eigenvalue weighted by Gasteiger charge is -2.36. The summed E-state index contributed by atoms with van der Waals surface area (Å²) in [5.74, 6) is 0.206. The molecule has 5 aromatic rings. The number of amides is 2. The molecular weight excluding hydrogens is 598 g/mol. The van der Waals surface area contributed by atoms with Crippen molar-refractivity contribution in [2.75, 3.05) is 5.75 Å². The van der Waals surface area contributed by atoms with Crippen molar-refractivity contribution in [1.29, 1.82) is 0 Å². The van der Waals surface area contributed by atoms with Gasteiger partial charge in [0, 0.05) is 37.2 Å². The third-order valence-corrected chi connectivity index (χ3v) is 9.64. The maximum absolute atomic E-state index is 12.9. The lowest BCUT2D eigenvalue weighted by atomic mass is 9.99. The zero-order chi connectivity index (χ0) is 31.6. The molecule has 2 aliphatic heterocycles. The Morgan fingerprint density at radius 1 is 0.826 bits per heavy atom. The predicted octanol–water partition coefficient (Wildman–Crippen LogP) is 6.71. The molecule has 46 heavy (non-hydrogen) atoms. The molecule has 0 bridgehead atoms. The van der Waals surface area contributed by atoms with Crippen LogP contribution < -0.4 is 0 Å². The number of aromatic nitrogens is 2. The molecule has 0 spiro atoms. The Labute approximate surface area is 271 Å². The van der Waals surface area contributed by atoms with E-state index in [1.54, 1.807) is 42.2 Å². The first-order chi connectivity index (χ1) is 22.5. The van der Waals surface area contributed by atoms with Crippen LogP contribution in [0.1, 0.15) is 61.8 Å². The van der Waals surface area contributed by atoms with E-state index in [0.717, 1.165) is 44.3 Å². The highest BCUT2D eigenvalue weighted by Crippen LogP contribution is 2.40. The van der Waals surface area contributed by atoms with Crippen LogP contribution in [0.25, 0.3) is 11.1 Å². The lowest BCUT2D eigenvalue weighted by Crippen LogP contribution is -2.31. The summed E-state index contributed by atoms with van der Waals surface area (Å²) < 4.78 is 15.0. The molecule has 9 heteroatoms. The number of rotatable bonds is 9. The van der Waals surface area contributed by atoms with E-state index in [9.17, 15) is 14.7 Å². The van der Waals surface area contributed by atoms with E-state index in [4.69, 9.17) is 9.47 Å². The van der Waals surface area contributed by atoms with Crippen molar-refractivity contribution in [2.24, 2.45) is 7.05 Å². The van der Waals surface area contributed by atoms with E-state index in [1.165, 1.54) is 4.90 Å². The van der Waals surface area contributed by atoms with Gasteiger partial charge in [-0.3, -0.25) is 14.5 Å². The summed E-state index contributed by atoms with van der Waals surface area (Å²) >= 11 is 1.66. The summed E-state index contributed by atoms with van der Waals surface area (Å²) in [7, 11) is 1.98. The summed E-state index contributed by atoms with van der Waals surface area (Å²) in [5, 5.41) is 10.4. The molecule has 2 amide bonds. The molecule has 232 valence electrons. The van der Waals surface area contributed by atoms with Crippen LogP contribution in [0.15, 0.2) is 115 Å². The van der Waals surface area contributed by atoms with Crippen LogP contribution in [0, 0.1) is 0 Å². The minimum Gasteiger partial charge on any atom is -0.392 e. The second-order valence-corrected chi connectivity index (χ2v) is 12.5. The van der Waals surface area contributed by atoms with Gasteiger partial charge in [0.1, 0.15) is 0 Å². The summed E-state index contributed by atoms with van der Waals surface area (Å²) in [4.78, 5) is 31.6. The van der Waals surface area contributed by atoms with Crippen molar-refractivity contribution < 1.29 is 24.2 Å². The van der Waals surface area contributed by atoms with Crippen LogP contribution in [0.5, 0.6) is 0 Å². The third-order valence-electron chi connectivity index (χ3n) is 8.45. The van der Waals surface area contributed by atoms with Crippen molar-refractivity contribution in [3.05, 3.63) is 143 Å². The Morgan fingerprint density at radius 3 is 2.22 bits per heavy atom. The fraction of sp³-hybridized carbons (Fsp3) is 0.216. The normalized spacial score (nSPS) is 19.4. The van der Waals surface area contributed by atoms with E-state index in [1.807, 2.05) is 90.6 Å². The van der Waals surface area contributed by atoms with Crippen molar-refractivity contribution in [2.45, 2.75) is 43.2 Å². The number of hydrogen-bond donors (Lipinski definition) is 1. The van der Waals surface area contributed by atoms with Gasteiger partial charge in [-0.15, -0.1) is 0 Å². The maximum atomic E-state index is 12.9. The standard InChI is InChI=1S/C37H33N3O5S/c1-39-18-17-38-37(39)46-23-30-20-33(27-11-9-24(22-41)10-12-27)45-36(44-30)28-15-13-26(14-16-28)29-6-4-5-25(19-29)21-40-34(42)31-7-2-3-8-32(31)35(40)43/h2-19,30,33,36,41H,20-23H2,1H3/t30-,33+,36+/m0/s1. The predicted molar refractivity (Wildman–Crippen MR) is 175 cm³/mol. The van der Waals surface area contributed by atoms with Crippen molar-refractivity contribution >= 4 is 23.6 Å². The Kier molecular flexibility index (Phi) is 8.55. The maximum Gasteiger partial charge on any atom is 0.261 e. The number of aliphatic hydroxyl groups excluding tert-OH is 1. The number of ether oxygens (including phenoxy) is 2. The molecule has 1 aromatic heterocycles. The molecule has 3 atom stereocenters. The Balaban J connectivity index is 1.08. The van der Waals surface area contributed by atoms with Gasteiger partial charge in [0.05, 0.1) is 36.5 Å². The molecule has 2 aliphatic rings. The van der Waals surface area contributed by atoms with Gasteiger partial charge >= 0.3 is 0 Å². The smallest absolute Gasteiger partial charge is 0.261 e. The van der Waals surface area contributed by atoms with E-state index in [-0.39, 0.29) is 37.2 Å². The first-order valence-electron chi connectivity index (χ1n) is 15.2. The number of fused-ring (bicyclic) bond motifs is 1. The lowest BCUT2D eigenvalue weighted by molar-refractivity contribution is -0.245. The number of thioether (sulfide) groups is 1. The zero-order valence-corrected chi connectivity index (χ0v) is 26.1. The quantitative estimate of drug-likeness (QED) is 0.143. The molecule has 3 heterocycles. The van der Waals surface area contributed by atoms with Crippen LogP contribution in [0.4, 0.5) is 0 Å². The van der Waals surface area contributed by atoms with Gasteiger partial charge in [0.2, 0.25) is 0 Å².